The number of benzene rings is 1. The zero-order chi connectivity index (χ0) is 15.1. The van der Waals surface area contributed by atoms with Gasteiger partial charge < -0.3 is 9.88 Å². The molecule has 1 N–H and O–H groups in total. The first-order valence-electron chi connectivity index (χ1n) is 6.84. The van der Waals surface area contributed by atoms with Crippen LogP contribution >= 0.6 is 23.1 Å². The van der Waals surface area contributed by atoms with Crippen LogP contribution in [0.15, 0.2) is 18.2 Å². The van der Waals surface area contributed by atoms with Crippen molar-refractivity contribution in [1.29, 1.82) is 0 Å². The van der Waals surface area contributed by atoms with E-state index in [0.29, 0.717) is 11.1 Å². The summed E-state index contributed by atoms with van der Waals surface area (Å²) in [5, 5.41) is 4.96. The minimum absolute atomic E-state index is 0.301. The van der Waals surface area contributed by atoms with E-state index in [1.807, 2.05) is 32.2 Å². The van der Waals surface area contributed by atoms with Gasteiger partial charge in [0, 0.05) is 18.1 Å². The summed E-state index contributed by atoms with van der Waals surface area (Å²) < 4.78 is 6.69. The molecule has 0 radical (unpaired) electrons. The Bertz CT molecular complexity index is 803. The molecule has 0 aliphatic heterocycles. The summed E-state index contributed by atoms with van der Waals surface area (Å²) in [6.45, 7) is 6.34. The topological polar surface area (TPSA) is 42.7 Å². The second-order valence-electron chi connectivity index (χ2n) is 5.25. The van der Waals surface area contributed by atoms with E-state index in [-0.39, 0.29) is 0 Å². The Kier molecular flexibility index (Phi) is 3.63. The Morgan fingerprint density at radius 2 is 2.10 bits per heavy atom. The van der Waals surface area contributed by atoms with Crippen LogP contribution in [0, 0.1) is 6.92 Å². The van der Waals surface area contributed by atoms with Crippen molar-refractivity contribution in [3.63, 3.8) is 0 Å². The first kappa shape index (κ1) is 14.4. The van der Waals surface area contributed by atoms with E-state index < -0.39 is 0 Å². The lowest BCUT2D eigenvalue weighted by molar-refractivity contribution is 0.624. The summed E-state index contributed by atoms with van der Waals surface area (Å²) in [5.74, 6) is 0.942. The summed E-state index contributed by atoms with van der Waals surface area (Å²) in [6.07, 6.45) is 0. The second kappa shape index (κ2) is 5.31. The van der Waals surface area contributed by atoms with Crippen molar-refractivity contribution in [1.82, 2.24) is 13.9 Å². The molecule has 0 atom stereocenters. The van der Waals surface area contributed by atoms with Crippen LogP contribution in [-0.4, -0.2) is 21.0 Å². The van der Waals surface area contributed by atoms with Crippen LogP contribution in [-0.2, 0) is 0 Å². The molecular formula is C15H17ClN4S. The van der Waals surface area contributed by atoms with E-state index in [9.17, 15) is 0 Å². The van der Waals surface area contributed by atoms with E-state index >= 15 is 0 Å². The van der Waals surface area contributed by atoms with E-state index in [4.69, 9.17) is 16.6 Å². The lowest BCUT2D eigenvalue weighted by Crippen LogP contribution is -2.04. The van der Waals surface area contributed by atoms with Gasteiger partial charge >= 0.3 is 0 Å². The van der Waals surface area contributed by atoms with Crippen LogP contribution in [0.3, 0.4) is 0 Å². The summed E-state index contributed by atoms with van der Waals surface area (Å²) >= 11 is 7.57. The second-order valence-corrected chi connectivity index (χ2v) is 6.46. The van der Waals surface area contributed by atoms with Gasteiger partial charge in [0.1, 0.15) is 10.8 Å². The Morgan fingerprint density at radius 1 is 1.33 bits per heavy atom. The molecule has 1 aromatic carbocycles. The molecule has 6 heteroatoms. The van der Waals surface area contributed by atoms with Gasteiger partial charge in [-0.05, 0) is 50.5 Å². The number of hydrogen-bond donors (Lipinski definition) is 1. The molecule has 4 nitrogen and oxygen atoms in total. The molecule has 0 spiro atoms. The smallest absolute Gasteiger partial charge is 0.146 e. The van der Waals surface area contributed by atoms with Gasteiger partial charge in [-0.2, -0.15) is 4.37 Å². The van der Waals surface area contributed by atoms with Crippen molar-refractivity contribution < 1.29 is 0 Å². The molecule has 0 aliphatic rings. The summed E-state index contributed by atoms with van der Waals surface area (Å²) in [7, 11) is 1.91. The first-order chi connectivity index (χ1) is 10.0. The monoisotopic (exact) mass is 320 g/mol. The number of imidazole rings is 1. The molecule has 0 unspecified atom stereocenters. The van der Waals surface area contributed by atoms with Crippen molar-refractivity contribution in [3.05, 3.63) is 28.9 Å². The fraction of sp³-hybridized carbons (Fsp3) is 0.333. The highest BCUT2D eigenvalue weighted by molar-refractivity contribution is 7.10. The third-order valence-corrected chi connectivity index (χ3v) is 4.67. The number of hydrogen-bond acceptors (Lipinski definition) is 4. The molecule has 3 rings (SSSR count). The van der Waals surface area contributed by atoms with Gasteiger partial charge in [-0.3, -0.25) is 0 Å². The highest BCUT2D eigenvalue weighted by Crippen LogP contribution is 2.37. The number of nitrogens with one attached hydrogen (secondary N) is 1. The van der Waals surface area contributed by atoms with Gasteiger partial charge in [0.15, 0.2) is 0 Å². The van der Waals surface area contributed by atoms with Crippen LogP contribution in [0.1, 0.15) is 25.6 Å². The normalized spacial score (nSPS) is 11.5. The first-order valence-corrected chi connectivity index (χ1v) is 8.00. The Labute approximate surface area is 132 Å². The van der Waals surface area contributed by atoms with Gasteiger partial charge in [-0.15, -0.1) is 0 Å². The van der Waals surface area contributed by atoms with Crippen LogP contribution in [0.2, 0.25) is 5.02 Å². The minimum Gasteiger partial charge on any atom is -0.378 e. The highest BCUT2D eigenvalue weighted by atomic mass is 35.5. The molecule has 21 heavy (non-hydrogen) atoms. The Morgan fingerprint density at radius 3 is 2.76 bits per heavy atom. The Balaban J connectivity index is 2.36. The van der Waals surface area contributed by atoms with Gasteiger partial charge in [0.25, 0.3) is 0 Å². The molecule has 0 saturated carbocycles. The minimum atomic E-state index is 0.301. The lowest BCUT2D eigenvalue weighted by atomic mass is 10.2. The number of halogens is 1. The average Bonchev–Trinajstić information content (AvgIpc) is 2.97. The number of anilines is 1. The fourth-order valence-corrected chi connectivity index (χ4v) is 3.48. The van der Waals surface area contributed by atoms with Crippen molar-refractivity contribution >= 4 is 39.2 Å². The third-order valence-electron chi connectivity index (χ3n) is 3.48. The molecule has 0 bridgehead atoms. The van der Waals surface area contributed by atoms with Crippen molar-refractivity contribution in [2.45, 2.75) is 26.8 Å². The molecule has 0 aliphatic carbocycles. The predicted octanol–water partition coefficient (Wildman–Crippen LogP) is 4.74. The standard InChI is InChI=1S/C15H17ClN4S/c1-8(2)20-12-6-5-10(16)7-11(12)18-14(20)13-9(3)19-21-15(13)17-4/h5-8,17H,1-4H3. The number of rotatable bonds is 3. The Hall–Kier alpha value is -1.59. The molecule has 2 heterocycles. The zero-order valence-corrected chi connectivity index (χ0v) is 14.0. The van der Waals surface area contributed by atoms with E-state index in [2.05, 4.69) is 28.1 Å². The predicted molar refractivity (Wildman–Crippen MR) is 90.5 cm³/mol. The highest BCUT2D eigenvalue weighted by Gasteiger charge is 2.21. The summed E-state index contributed by atoms with van der Waals surface area (Å²) in [6, 6.07) is 6.15. The molecule has 3 aromatic rings. The van der Waals surface area contributed by atoms with Gasteiger partial charge in [0.05, 0.1) is 22.3 Å². The average molecular weight is 321 g/mol. The van der Waals surface area contributed by atoms with Gasteiger partial charge in [-0.1, -0.05) is 11.6 Å². The van der Waals surface area contributed by atoms with E-state index in [1.54, 1.807) is 0 Å². The molecule has 2 aromatic heterocycles. The maximum Gasteiger partial charge on any atom is 0.146 e. The number of nitrogens with zero attached hydrogens (tertiary/aromatic N) is 3. The largest absolute Gasteiger partial charge is 0.378 e. The summed E-state index contributed by atoms with van der Waals surface area (Å²) in [4.78, 5) is 4.81. The van der Waals surface area contributed by atoms with Crippen molar-refractivity contribution in [2.24, 2.45) is 0 Å². The molecule has 110 valence electrons. The third kappa shape index (κ3) is 2.30. The molecule has 0 amide bonds. The quantitative estimate of drug-likeness (QED) is 0.757. The van der Waals surface area contributed by atoms with Crippen LogP contribution < -0.4 is 5.32 Å². The van der Waals surface area contributed by atoms with Crippen LogP contribution in [0.4, 0.5) is 5.00 Å². The lowest BCUT2D eigenvalue weighted by Gasteiger charge is -2.13. The molecular weight excluding hydrogens is 304 g/mol. The SMILES string of the molecule is CNc1snc(C)c1-c1nc2cc(Cl)ccc2n1C(C)C. The van der Waals surface area contributed by atoms with Gasteiger partial charge in [0.2, 0.25) is 0 Å². The molecule has 0 saturated heterocycles. The van der Waals surface area contributed by atoms with Crippen LogP contribution in [0.5, 0.6) is 0 Å². The van der Waals surface area contributed by atoms with Gasteiger partial charge in [-0.25, -0.2) is 4.98 Å². The van der Waals surface area contributed by atoms with E-state index in [0.717, 1.165) is 33.1 Å². The summed E-state index contributed by atoms with van der Waals surface area (Å²) in [5.41, 5.74) is 4.08. The van der Waals surface area contributed by atoms with Crippen molar-refractivity contribution in [3.8, 4) is 11.4 Å². The number of fused-ring (bicyclic) bond motifs is 1. The molecule has 0 fully saturated rings. The fourth-order valence-electron chi connectivity index (χ4n) is 2.57. The van der Waals surface area contributed by atoms with Crippen LogP contribution in [0.25, 0.3) is 22.4 Å². The van der Waals surface area contributed by atoms with Crippen molar-refractivity contribution in [2.75, 3.05) is 12.4 Å². The number of aryl methyl sites for hydroxylation is 1. The zero-order valence-electron chi connectivity index (χ0n) is 12.4. The maximum atomic E-state index is 6.10. The number of aromatic nitrogens is 3. The maximum absolute atomic E-state index is 6.10. The van der Waals surface area contributed by atoms with E-state index in [1.165, 1.54) is 11.5 Å².